The molecule has 0 radical (unpaired) electrons. The van der Waals surface area contributed by atoms with Crippen molar-refractivity contribution in [3.8, 4) is 11.5 Å². The molecule has 0 bridgehead atoms. The van der Waals surface area contributed by atoms with Crippen molar-refractivity contribution in [3.63, 3.8) is 0 Å². The molecule has 0 heterocycles. The van der Waals surface area contributed by atoms with Gasteiger partial charge in [0.15, 0.2) is 11.5 Å². The van der Waals surface area contributed by atoms with Gasteiger partial charge in [-0.3, -0.25) is 0 Å². The van der Waals surface area contributed by atoms with Gasteiger partial charge in [-0.15, -0.1) is 0 Å². The first-order valence-corrected chi connectivity index (χ1v) is 7.34. The van der Waals surface area contributed by atoms with E-state index in [1.54, 1.807) is 7.11 Å². The lowest BCUT2D eigenvalue weighted by molar-refractivity contribution is 0.281. The van der Waals surface area contributed by atoms with Gasteiger partial charge in [-0.2, -0.15) is 0 Å². The second-order valence-corrected chi connectivity index (χ2v) is 6.08. The topological polar surface area (TPSA) is 44.5 Å². The largest absolute Gasteiger partial charge is 0.493 e. The molecule has 1 aromatic rings. The van der Waals surface area contributed by atoms with Gasteiger partial charge in [0.05, 0.1) is 18.2 Å². The van der Waals surface area contributed by atoms with E-state index < -0.39 is 0 Å². The monoisotopic (exact) mass is 281 g/mol. The van der Waals surface area contributed by atoms with Crippen LogP contribution in [0.3, 0.4) is 0 Å². The molecule has 3 rings (SSSR count). The van der Waals surface area contributed by atoms with Crippen LogP contribution in [0.25, 0.3) is 0 Å². The van der Waals surface area contributed by atoms with Gasteiger partial charge in [-0.05, 0) is 43.4 Å². The van der Waals surface area contributed by atoms with Crippen LogP contribution in [-0.4, -0.2) is 13.2 Å². The third-order valence-electron chi connectivity index (χ3n) is 4.11. The van der Waals surface area contributed by atoms with Gasteiger partial charge in [0.2, 0.25) is 0 Å². The van der Waals surface area contributed by atoms with Crippen LogP contribution in [0.15, 0.2) is 12.1 Å². The molecule has 2 aliphatic carbocycles. The molecule has 0 atom stereocenters. The molecule has 0 saturated heterocycles. The SMILES string of the molecule is COc1cc(C2(N)CCCC2)cc(Cl)c1OC1CC1. The lowest BCUT2D eigenvalue weighted by Gasteiger charge is -2.26. The van der Waals surface area contributed by atoms with Crippen molar-refractivity contribution in [3.05, 3.63) is 22.7 Å². The minimum absolute atomic E-state index is 0.255. The quantitative estimate of drug-likeness (QED) is 0.917. The normalized spacial score (nSPS) is 21.4. The molecule has 0 aliphatic heterocycles. The van der Waals surface area contributed by atoms with E-state index in [0.717, 1.165) is 31.2 Å². The second kappa shape index (κ2) is 4.88. The van der Waals surface area contributed by atoms with Gasteiger partial charge in [0.25, 0.3) is 0 Å². The molecule has 3 nitrogen and oxygen atoms in total. The van der Waals surface area contributed by atoms with Gasteiger partial charge in [-0.1, -0.05) is 24.4 Å². The molecular weight excluding hydrogens is 262 g/mol. The van der Waals surface area contributed by atoms with Crippen LogP contribution in [0.2, 0.25) is 5.02 Å². The molecule has 4 heteroatoms. The first kappa shape index (κ1) is 13.1. The summed E-state index contributed by atoms with van der Waals surface area (Å²) in [6.07, 6.45) is 6.87. The van der Waals surface area contributed by atoms with Crippen LogP contribution in [0.5, 0.6) is 11.5 Å². The van der Waals surface area contributed by atoms with Gasteiger partial charge in [0.1, 0.15) is 0 Å². The van der Waals surface area contributed by atoms with Gasteiger partial charge >= 0.3 is 0 Å². The van der Waals surface area contributed by atoms with Crippen molar-refractivity contribution >= 4 is 11.6 Å². The Morgan fingerprint density at radius 1 is 1.26 bits per heavy atom. The average Bonchev–Trinajstić information content (AvgIpc) is 3.11. The first-order valence-electron chi connectivity index (χ1n) is 6.96. The van der Waals surface area contributed by atoms with Gasteiger partial charge in [-0.25, -0.2) is 0 Å². The van der Waals surface area contributed by atoms with E-state index in [2.05, 4.69) is 0 Å². The summed E-state index contributed by atoms with van der Waals surface area (Å²) in [6.45, 7) is 0. The van der Waals surface area contributed by atoms with Crippen LogP contribution in [0, 0.1) is 0 Å². The van der Waals surface area contributed by atoms with Gasteiger partial charge in [0, 0.05) is 5.54 Å². The molecule has 2 N–H and O–H groups in total. The summed E-state index contributed by atoms with van der Waals surface area (Å²) in [6, 6.07) is 3.95. The van der Waals surface area contributed by atoms with Crippen LogP contribution >= 0.6 is 11.6 Å². The fourth-order valence-corrected chi connectivity index (χ4v) is 3.02. The Morgan fingerprint density at radius 3 is 2.53 bits per heavy atom. The first-order chi connectivity index (χ1) is 9.12. The fourth-order valence-electron chi connectivity index (χ4n) is 2.77. The Hall–Kier alpha value is -0.930. The molecule has 1 aromatic carbocycles. The fraction of sp³-hybridized carbons (Fsp3) is 0.600. The van der Waals surface area contributed by atoms with Crippen LogP contribution in [0.4, 0.5) is 0 Å². The number of ether oxygens (including phenoxy) is 2. The van der Waals surface area contributed by atoms with Crippen molar-refractivity contribution in [2.75, 3.05) is 7.11 Å². The van der Waals surface area contributed by atoms with Crippen LogP contribution in [0.1, 0.15) is 44.1 Å². The van der Waals surface area contributed by atoms with Crippen molar-refractivity contribution in [2.45, 2.75) is 50.2 Å². The summed E-state index contributed by atoms with van der Waals surface area (Å²) in [7, 11) is 1.65. The minimum atomic E-state index is -0.255. The standard InChI is InChI=1S/C15H20ClNO2/c1-18-13-9-10(15(17)6-2-3-7-15)8-12(16)14(13)19-11-4-5-11/h8-9,11H,2-7,17H2,1H3. The van der Waals surface area contributed by atoms with Crippen LogP contribution in [-0.2, 0) is 5.54 Å². The summed E-state index contributed by atoms with van der Waals surface area (Å²) in [5, 5.41) is 0.609. The van der Waals surface area contributed by atoms with E-state index in [0.29, 0.717) is 22.6 Å². The average molecular weight is 282 g/mol. The lowest BCUT2D eigenvalue weighted by Crippen LogP contribution is -2.33. The van der Waals surface area contributed by atoms with Gasteiger partial charge < -0.3 is 15.2 Å². The Morgan fingerprint density at radius 2 is 1.95 bits per heavy atom. The second-order valence-electron chi connectivity index (χ2n) is 5.67. The summed E-state index contributed by atoms with van der Waals surface area (Å²) in [5.74, 6) is 1.36. The van der Waals surface area contributed by atoms with Crippen molar-refractivity contribution < 1.29 is 9.47 Å². The Kier molecular flexibility index (Phi) is 3.35. The third kappa shape index (κ3) is 2.54. The predicted octanol–water partition coefficient (Wildman–Crippen LogP) is 3.62. The maximum absolute atomic E-state index is 6.48. The van der Waals surface area contributed by atoms with Crippen LogP contribution < -0.4 is 15.2 Å². The zero-order chi connectivity index (χ0) is 13.5. The summed E-state index contributed by atoms with van der Waals surface area (Å²) in [4.78, 5) is 0. The number of rotatable bonds is 4. The molecule has 0 unspecified atom stereocenters. The molecule has 19 heavy (non-hydrogen) atoms. The van der Waals surface area contributed by atoms with Crippen molar-refractivity contribution in [1.29, 1.82) is 0 Å². The van der Waals surface area contributed by atoms with Crippen molar-refractivity contribution in [2.24, 2.45) is 5.73 Å². The van der Waals surface area contributed by atoms with E-state index in [1.165, 1.54) is 12.8 Å². The summed E-state index contributed by atoms with van der Waals surface area (Å²) in [5.41, 5.74) is 7.29. The predicted molar refractivity (Wildman–Crippen MR) is 76.0 cm³/mol. The highest BCUT2D eigenvalue weighted by molar-refractivity contribution is 6.32. The maximum atomic E-state index is 6.48. The van der Waals surface area contributed by atoms with E-state index in [1.807, 2.05) is 12.1 Å². The van der Waals surface area contributed by atoms with E-state index in [9.17, 15) is 0 Å². The number of hydrogen-bond acceptors (Lipinski definition) is 3. The zero-order valence-electron chi connectivity index (χ0n) is 11.2. The Balaban J connectivity index is 1.96. The minimum Gasteiger partial charge on any atom is -0.493 e. The van der Waals surface area contributed by atoms with E-state index in [-0.39, 0.29) is 5.54 Å². The zero-order valence-corrected chi connectivity index (χ0v) is 12.0. The molecular formula is C15H20ClNO2. The maximum Gasteiger partial charge on any atom is 0.180 e. The number of methoxy groups -OCH3 is 1. The number of hydrogen-bond donors (Lipinski definition) is 1. The molecule has 2 aliphatic rings. The highest BCUT2D eigenvalue weighted by atomic mass is 35.5. The third-order valence-corrected chi connectivity index (χ3v) is 4.39. The molecule has 0 aromatic heterocycles. The lowest BCUT2D eigenvalue weighted by atomic mass is 9.89. The number of halogens is 1. The number of benzene rings is 1. The highest BCUT2D eigenvalue weighted by Crippen LogP contribution is 2.44. The van der Waals surface area contributed by atoms with E-state index >= 15 is 0 Å². The molecule has 104 valence electrons. The summed E-state index contributed by atoms with van der Waals surface area (Å²) >= 11 is 6.37. The van der Waals surface area contributed by atoms with Crippen molar-refractivity contribution in [1.82, 2.24) is 0 Å². The molecule has 0 amide bonds. The smallest absolute Gasteiger partial charge is 0.180 e. The molecule has 2 saturated carbocycles. The highest BCUT2D eigenvalue weighted by Gasteiger charge is 2.33. The molecule has 0 spiro atoms. The molecule has 2 fully saturated rings. The van der Waals surface area contributed by atoms with E-state index in [4.69, 9.17) is 26.8 Å². The Labute approximate surface area is 119 Å². The summed E-state index contributed by atoms with van der Waals surface area (Å²) < 4.78 is 11.3. The number of nitrogens with two attached hydrogens (primary N) is 1. The Bertz CT molecular complexity index is 479.